The predicted octanol–water partition coefficient (Wildman–Crippen LogP) is 4.40. The van der Waals surface area contributed by atoms with Crippen LogP contribution in [-0.2, 0) is 0 Å². The monoisotopic (exact) mass is 352 g/mol. The van der Waals surface area contributed by atoms with Crippen molar-refractivity contribution in [2.75, 3.05) is 5.32 Å². The van der Waals surface area contributed by atoms with Crippen LogP contribution in [0.5, 0.6) is 0 Å². The highest BCUT2D eigenvalue weighted by Gasteiger charge is 2.10. The van der Waals surface area contributed by atoms with Crippen LogP contribution >= 0.6 is 28.1 Å². The zero-order valence-corrected chi connectivity index (χ0v) is 13.3. The normalized spacial score (nSPS) is 11.9. The Bertz CT molecular complexity index is 628. The van der Waals surface area contributed by atoms with Crippen molar-refractivity contribution in [2.45, 2.75) is 13.0 Å². The molecule has 104 valence electrons. The van der Waals surface area contributed by atoms with Gasteiger partial charge in [-0.15, -0.1) is 0 Å². The number of rotatable bonds is 4. The predicted molar refractivity (Wildman–Crippen MR) is 88.5 cm³/mol. The van der Waals surface area contributed by atoms with Crippen molar-refractivity contribution in [1.82, 2.24) is 0 Å². The highest BCUT2D eigenvalue weighted by molar-refractivity contribution is 9.10. The molecule has 2 rings (SSSR count). The molecule has 0 aliphatic carbocycles. The number of benzene rings is 2. The van der Waals surface area contributed by atoms with E-state index in [0.717, 1.165) is 21.3 Å². The number of nitrogens with two attached hydrogens (primary N) is 1. The second-order valence-corrected chi connectivity index (χ2v) is 5.83. The van der Waals surface area contributed by atoms with E-state index in [4.69, 9.17) is 18.0 Å². The summed E-state index contributed by atoms with van der Waals surface area (Å²) in [6, 6.07) is 12.1. The minimum Gasteiger partial charge on any atom is -0.389 e. The number of hydrogen-bond acceptors (Lipinski definition) is 2. The maximum atomic E-state index is 12.9. The van der Waals surface area contributed by atoms with Crippen molar-refractivity contribution in [3.8, 4) is 0 Å². The van der Waals surface area contributed by atoms with Gasteiger partial charge in [0.05, 0.1) is 0 Å². The van der Waals surface area contributed by atoms with E-state index in [2.05, 4.69) is 21.2 Å². The summed E-state index contributed by atoms with van der Waals surface area (Å²) in [7, 11) is 0. The van der Waals surface area contributed by atoms with Gasteiger partial charge in [-0.2, -0.15) is 0 Å². The summed E-state index contributed by atoms with van der Waals surface area (Å²) < 4.78 is 13.8. The second-order valence-electron chi connectivity index (χ2n) is 4.47. The van der Waals surface area contributed by atoms with Crippen molar-refractivity contribution in [3.63, 3.8) is 0 Å². The van der Waals surface area contributed by atoms with Gasteiger partial charge in [0.1, 0.15) is 10.8 Å². The van der Waals surface area contributed by atoms with Crippen LogP contribution in [-0.4, -0.2) is 4.99 Å². The third kappa shape index (κ3) is 3.55. The fraction of sp³-hybridized carbons (Fsp3) is 0.133. The standard InChI is InChI=1S/C15H14BrFN2S/c1-9(10-2-5-12(17)6-3-10)19-14-7-4-11(16)8-13(14)15(18)20/h2-9,19H,1H3,(H2,18,20). The summed E-state index contributed by atoms with van der Waals surface area (Å²) >= 11 is 8.46. The Kier molecular flexibility index (Phi) is 4.73. The lowest BCUT2D eigenvalue weighted by molar-refractivity contribution is 0.626. The SMILES string of the molecule is CC(Nc1ccc(Br)cc1C(N)=S)c1ccc(F)cc1. The summed E-state index contributed by atoms with van der Waals surface area (Å²) in [4.78, 5) is 0.333. The Morgan fingerprint density at radius 1 is 1.25 bits per heavy atom. The first-order chi connectivity index (χ1) is 9.47. The summed E-state index contributed by atoms with van der Waals surface area (Å²) in [5.41, 5.74) is 8.37. The summed E-state index contributed by atoms with van der Waals surface area (Å²) in [6.45, 7) is 2.00. The zero-order valence-electron chi connectivity index (χ0n) is 10.9. The van der Waals surface area contributed by atoms with Crippen molar-refractivity contribution in [2.24, 2.45) is 5.73 Å². The number of hydrogen-bond donors (Lipinski definition) is 2. The molecule has 0 spiro atoms. The van der Waals surface area contributed by atoms with Crippen molar-refractivity contribution < 1.29 is 4.39 Å². The summed E-state index contributed by atoms with van der Waals surface area (Å²) in [5, 5.41) is 3.34. The van der Waals surface area contributed by atoms with Gasteiger partial charge in [-0.1, -0.05) is 40.3 Å². The third-order valence-electron chi connectivity index (χ3n) is 2.99. The van der Waals surface area contributed by atoms with E-state index < -0.39 is 0 Å². The minimum atomic E-state index is -0.242. The molecular formula is C15H14BrFN2S. The molecule has 2 aromatic rings. The first kappa shape index (κ1) is 14.9. The molecule has 5 heteroatoms. The topological polar surface area (TPSA) is 38.0 Å². The minimum absolute atomic E-state index is 0.0184. The summed E-state index contributed by atoms with van der Waals surface area (Å²) in [6.07, 6.45) is 0. The molecule has 0 aliphatic rings. The lowest BCUT2D eigenvalue weighted by Crippen LogP contribution is -2.15. The van der Waals surface area contributed by atoms with E-state index in [-0.39, 0.29) is 11.9 Å². The van der Waals surface area contributed by atoms with Gasteiger partial charge < -0.3 is 11.1 Å². The molecule has 0 fully saturated rings. The van der Waals surface area contributed by atoms with Crippen LogP contribution < -0.4 is 11.1 Å². The van der Waals surface area contributed by atoms with E-state index in [9.17, 15) is 4.39 Å². The Morgan fingerprint density at radius 2 is 1.90 bits per heavy atom. The Morgan fingerprint density at radius 3 is 2.50 bits per heavy atom. The molecule has 0 heterocycles. The van der Waals surface area contributed by atoms with E-state index >= 15 is 0 Å². The van der Waals surface area contributed by atoms with Crippen LogP contribution in [0.4, 0.5) is 10.1 Å². The fourth-order valence-corrected chi connectivity index (χ4v) is 2.44. The molecule has 3 N–H and O–H groups in total. The zero-order chi connectivity index (χ0) is 14.7. The number of thiocarbonyl (C=S) groups is 1. The van der Waals surface area contributed by atoms with Crippen LogP contribution in [0.15, 0.2) is 46.9 Å². The lowest BCUT2D eigenvalue weighted by atomic mass is 10.1. The van der Waals surface area contributed by atoms with Gasteiger partial charge in [0.2, 0.25) is 0 Å². The second kappa shape index (κ2) is 6.33. The van der Waals surface area contributed by atoms with Gasteiger partial charge in [-0.3, -0.25) is 0 Å². The van der Waals surface area contributed by atoms with Crippen molar-refractivity contribution in [3.05, 3.63) is 63.9 Å². The number of anilines is 1. The average Bonchev–Trinajstić information content (AvgIpc) is 2.41. The molecule has 0 aliphatic heterocycles. The first-order valence-electron chi connectivity index (χ1n) is 6.08. The molecule has 2 nitrogen and oxygen atoms in total. The first-order valence-corrected chi connectivity index (χ1v) is 7.29. The molecule has 1 atom stereocenters. The van der Waals surface area contributed by atoms with Crippen LogP contribution in [0.2, 0.25) is 0 Å². The molecule has 2 aromatic carbocycles. The maximum absolute atomic E-state index is 12.9. The molecular weight excluding hydrogens is 339 g/mol. The van der Waals surface area contributed by atoms with Crippen molar-refractivity contribution in [1.29, 1.82) is 0 Å². The quantitative estimate of drug-likeness (QED) is 0.801. The molecule has 0 radical (unpaired) electrons. The Hall–Kier alpha value is -1.46. The largest absolute Gasteiger partial charge is 0.389 e. The maximum Gasteiger partial charge on any atom is 0.123 e. The molecule has 0 bridgehead atoms. The van der Waals surface area contributed by atoms with E-state index in [1.54, 1.807) is 12.1 Å². The molecule has 20 heavy (non-hydrogen) atoms. The van der Waals surface area contributed by atoms with Crippen LogP contribution in [0.3, 0.4) is 0 Å². The van der Waals surface area contributed by atoms with Crippen LogP contribution in [0.1, 0.15) is 24.1 Å². The van der Waals surface area contributed by atoms with Gasteiger partial charge in [-0.25, -0.2) is 4.39 Å². The van der Waals surface area contributed by atoms with Gasteiger partial charge in [0, 0.05) is 21.8 Å². The van der Waals surface area contributed by atoms with Crippen LogP contribution in [0, 0.1) is 5.82 Å². The third-order valence-corrected chi connectivity index (χ3v) is 3.70. The van der Waals surface area contributed by atoms with Gasteiger partial charge in [0.15, 0.2) is 0 Å². The fourth-order valence-electron chi connectivity index (χ4n) is 1.91. The highest BCUT2D eigenvalue weighted by atomic mass is 79.9. The molecule has 0 saturated carbocycles. The van der Waals surface area contributed by atoms with Gasteiger partial charge >= 0.3 is 0 Å². The average molecular weight is 353 g/mol. The number of halogens is 2. The van der Waals surface area contributed by atoms with Crippen LogP contribution in [0.25, 0.3) is 0 Å². The number of nitrogens with one attached hydrogen (secondary N) is 1. The highest BCUT2D eigenvalue weighted by Crippen LogP contribution is 2.25. The van der Waals surface area contributed by atoms with Gasteiger partial charge in [0.25, 0.3) is 0 Å². The summed E-state index contributed by atoms with van der Waals surface area (Å²) in [5.74, 6) is -0.242. The van der Waals surface area contributed by atoms with E-state index in [0.29, 0.717) is 4.99 Å². The molecule has 1 unspecified atom stereocenters. The van der Waals surface area contributed by atoms with Gasteiger partial charge in [-0.05, 0) is 42.8 Å². The molecule has 0 saturated heterocycles. The lowest BCUT2D eigenvalue weighted by Gasteiger charge is -2.18. The van der Waals surface area contributed by atoms with Crippen molar-refractivity contribution >= 4 is 38.8 Å². The smallest absolute Gasteiger partial charge is 0.123 e. The molecule has 0 aromatic heterocycles. The van der Waals surface area contributed by atoms with E-state index in [1.165, 1.54) is 12.1 Å². The Labute approximate surface area is 131 Å². The van der Waals surface area contributed by atoms with E-state index in [1.807, 2.05) is 25.1 Å². The molecule has 0 amide bonds. The Balaban J connectivity index is 2.25.